The van der Waals surface area contributed by atoms with Crippen LogP contribution in [0.2, 0.25) is 0 Å². The van der Waals surface area contributed by atoms with Crippen LogP contribution in [0.3, 0.4) is 0 Å². The molecule has 2 N–H and O–H groups in total. The van der Waals surface area contributed by atoms with Gasteiger partial charge in [-0.25, -0.2) is 4.39 Å². The summed E-state index contributed by atoms with van der Waals surface area (Å²) in [7, 11) is 0. The van der Waals surface area contributed by atoms with E-state index in [1.54, 1.807) is 20.8 Å². The molecule has 0 radical (unpaired) electrons. The molecule has 7 nitrogen and oxygen atoms in total. The van der Waals surface area contributed by atoms with E-state index in [4.69, 9.17) is 4.74 Å². The molecule has 2 aromatic rings. The number of amides is 1. The van der Waals surface area contributed by atoms with Crippen LogP contribution in [0.5, 0.6) is 5.75 Å². The molecule has 0 unspecified atom stereocenters. The highest BCUT2D eigenvalue weighted by atomic mass is 19.2. The van der Waals surface area contributed by atoms with E-state index < -0.39 is 46.7 Å². The Bertz CT molecular complexity index is 1020. The number of benzene rings is 1. The second kappa shape index (κ2) is 7.64. The van der Waals surface area contributed by atoms with Crippen molar-refractivity contribution >= 4 is 17.4 Å². The number of nitrogens with zero attached hydrogens (tertiary/aromatic N) is 1. The van der Waals surface area contributed by atoms with Crippen molar-refractivity contribution in [3.05, 3.63) is 58.6 Å². The van der Waals surface area contributed by atoms with E-state index in [9.17, 15) is 28.7 Å². The summed E-state index contributed by atoms with van der Waals surface area (Å²) >= 11 is 0. The molecule has 1 fully saturated rings. The maximum absolute atomic E-state index is 14.0. The molecule has 3 rings (SSSR count). The van der Waals surface area contributed by atoms with Crippen molar-refractivity contribution in [2.24, 2.45) is 5.92 Å². The summed E-state index contributed by atoms with van der Waals surface area (Å²) in [5.74, 6) is -5.64. The van der Waals surface area contributed by atoms with Crippen molar-refractivity contribution in [3.63, 3.8) is 0 Å². The molecule has 3 atom stereocenters. The Morgan fingerprint density at radius 3 is 2.57 bits per heavy atom. The number of phenolic OH excluding ortho intramolecular Hbond substituents is 1. The fourth-order valence-electron chi connectivity index (χ4n) is 3.71. The first-order valence-electron chi connectivity index (χ1n) is 9.33. The van der Waals surface area contributed by atoms with Crippen LogP contribution in [0, 0.1) is 22.8 Å². The fraction of sp³-hybridized carbons (Fsp3) is 0.381. The minimum absolute atomic E-state index is 0.0574. The van der Waals surface area contributed by atoms with E-state index >= 15 is 0 Å². The van der Waals surface area contributed by atoms with Gasteiger partial charge in [0.15, 0.2) is 17.8 Å². The molecule has 0 bridgehead atoms. The third-order valence-corrected chi connectivity index (χ3v) is 5.66. The minimum atomic E-state index is -1.39. The van der Waals surface area contributed by atoms with Gasteiger partial charge >= 0.3 is 0 Å². The molecule has 1 saturated heterocycles. The third-order valence-electron chi connectivity index (χ3n) is 5.66. The SMILES string of the molecule is CC(=O)c1cc(NC(=O)[C@@H]2OC(C)(C)[C@@H](C)[C@H]2c2ccc(F)c(F)c2O)cc[n+]1[O-]. The molecule has 1 aromatic carbocycles. The highest BCUT2D eigenvalue weighted by Gasteiger charge is 2.51. The van der Waals surface area contributed by atoms with Gasteiger partial charge in [-0.05, 0) is 25.8 Å². The average Bonchev–Trinajstić information content (AvgIpc) is 2.91. The van der Waals surface area contributed by atoms with Gasteiger partial charge in [0.25, 0.3) is 11.6 Å². The average molecular weight is 420 g/mol. The quantitative estimate of drug-likeness (QED) is 0.450. The van der Waals surface area contributed by atoms with Gasteiger partial charge in [0, 0.05) is 30.5 Å². The lowest BCUT2D eigenvalue weighted by Gasteiger charge is -2.25. The van der Waals surface area contributed by atoms with Gasteiger partial charge in [-0.1, -0.05) is 13.0 Å². The Kier molecular flexibility index (Phi) is 5.51. The van der Waals surface area contributed by atoms with E-state index in [0.29, 0.717) is 4.73 Å². The number of pyridine rings is 1. The molecule has 9 heteroatoms. The largest absolute Gasteiger partial charge is 0.618 e. The zero-order chi connectivity index (χ0) is 22.4. The number of aromatic hydroxyl groups is 1. The van der Waals surface area contributed by atoms with E-state index in [0.717, 1.165) is 12.3 Å². The molecule has 1 aliphatic rings. The Morgan fingerprint density at radius 2 is 1.93 bits per heavy atom. The van der Waals surface area contributed by atoms with E-state index in [1.165, 1.54) is 25.1 Å². The predicted molar refractivity (Wildman–Crippen MR) is 103 cm³/mol. The standard InChI is InChI=1S/C21H22F2N2O5/c1-10-16(13-5-6-14(22)17(23)18(13)27)19(30-21(10,3)4)20(28)24-12-7-8-25(29)15(9-12)11(2)26/h5-10,16,19,27H,1-4H3,(H,24,28)/t10-,16-,19+/m0/s1. The lowest BCUT2D eigenvalue weighted by atomic mass is 9.78. The smallest absolute Gasteiger partial charge is 0.261 e. The molecular formula is C21H22F2N2O5. The fourth-order valence-corrected chi connectivity index (χ4v) is 3.71. The maximum atomic E-state index is 14.0. The Hall–Kier alpha value is -3.07. The van der Waals surface area contributed by atoms with Crippen LogP contribution in [0.1, 0.15) is 49.7 Å². The number of rotatable bonds is 4. The number of anilines is 1. The second-order valence-corrected chi connectivity index (χ2v) is 7.93. The second-order valence-electron chi connectivity index (χ2n) is 7.93. The lowest BCUT2D eigenvalue weighted by Crippen LogP contribution is -2.35. The van der Waals surface area contributed by atoms with Crippen LogP contribution in [0.4, 0.5) is 14.5 Å². The summed E-state index contributed by atoms with van der Waals surface area (Å²) in [6.07, 6.45) is -0.0429. The predicted octanol–water partition coefficient (Wildman–Crippen LogP) is 3.04. The minimum Gasteiger partial charge on any atom is -0.618 e. The summed E-state index contributed by atoms with van der Waals surface area (Å²) in [6.45, 7) is 6.52. The summed E-state index contributed by atoms with van der Waals surface area (Å²) in [5, 5.41) is 24.4. The number of ether oxygens (including phenoxy) is 1. The third kappa shape index (κ3) is 3.72. The highest BCUT2D eigenvalue weighted by Crippen LogP contribution is 2.49. The molecule has 0 aliphatic carbocycles. The van der Waals surface area contributed by atoms with Crippen molar-refractivity contribution in [3.8, 4) is 5.75 Å². The van der Waals surface area contributed by atoms with Crippen LogP contribution < -0.4 is 10.0 Å². The van der Waals surface area contributed by atoms with Crippen molar-refractivity contribution in [1.82, 2.24) is 0 Å². The summed E-state index contributed by atoms with van der Waals surface area (Å²) in [6, 6.07) is 4.68. The van der Waals surface area contributed by atoms with Gasteiger partial charge in [0.05, 0.1) is 11.3 Å². The highest BCUT2D eigenvalue weighted by molar-refractivity contribution is 5.97. The Balaban J connectivity index is 1.97. The Morgan fingerprint density at radius 1 is 1.27 bits per heavy atom. The zero-order valence-corrected chi connectivity index (χ0v) is 16.9. The molecule has 1 aromatic heterocycles. The molecule has 1 amide bonds. The summed E-state index contributed by atoms with van der Waals surface area (Å²) in [5.41, 5.74) is -0.694. The number of carbonyl (C=O) groups excluding carboxylic acids is 2. The van der Waals surface area contributed by atoms with Crippen molar-refractivity contribution < 1.29 is 32.9 Å². The number of hydrogen-bond donors (Lipinski definition) is 2. The van der Waals surface area contributed by atoms with Crippen LogP contribution >= 0.6 is 0 Å². The number of aromatic nitrogens is 1. The molecule has 1 aliphatic heterocycles. The number of nitrogens with one attached hydrogen (secondary N) is 1. The van der Waals surface area contributed by atoms with Crippen LogP contribution in [-0.2, 0) is 9.53 Å². The van der Waals surface area contributed by atoms with Gasteiger partial charge in [-0.3, -0.25) is 9.59 Å². The molecule has 0 spiro atoms. The van der Waals surface area contributed by atoms with Gasteiger partial charge in [-0.15, -0.1) is 0 Å². The Labute approximate surface area is 171 Å². The number of carbonyl (C=O) groups is 2. The van der Waals surface area contributed by atoms with E-state index in [-0.39, 0.29) is 22.9 Å². The first kappa shape index (κ1) is 21.6. The summed E-state index contributed by atoms with van der Waals surface area (Å²) < 4.78 is 33.7. The van der Waals surface area contributed by atoms with Crippen molar-refractivity contribution in [2.45, 2.75) is 45.3 Å². The lowest BCUT2D eigenvalue weighted by molar-refractivity contribution is -0.607. The topological polar surface area (TPSA) is 103 Å². The van der Waals surface area contributed by atoms with E-state index in [2.05, 4.69) is 5.32 Å². The first-order chi connectivity index (χ1) is 13.9. The number of ketones is 1. The normalized spacial score (nSPS) is 22.7. The van der Waals surface area contributed by atoms with Crippen LogP contribution in [0.15, 0.2) is 30.5 Å². The molecule has 2 heterocycles. The van der Waals surface area contributed by atoms with Crippen LogP contribution in [-0.4, -0.2) is 28.5 Å². The molecular weight excluding hydrogens is 398 g/mol. The maximum Gasteiger partial charge on any atom is 0.261 e. The van der Waals surface area contributed by atoms with E-state index in [1.807, 2.05) is 0 Å². The number of Topliss-reactive ketones (excluding diaryl/α,β-unsaturated/α-hetero) is 1. The molecule has 160 valence electrons. The number of hydrogen-bond acceptors (Lipinski definition) is 5. The number of phenols is 1. The van der Waals surface area contributed by atoms with Gasteiger partial charge in [0.2, 0.25) is 11.6 Å². The monoisotopic (exact) mass is 420 g/mol. The zero-order valence-electron chi connectivity index (χ0n) is 16.9. The van der Waals surface area contributed by atoms with Gasteiger partial charge in [0.1, 0.15) is 6.10 Å². The number of halogens is 2. The van der Waals surface area contributed by atoms with Crippen LogP contribution in [0.25, 0.3) is 0 Å². The molecule has 30 heavy (non-hydrogen) atoms. The van der Waals surface area contributed by atoms with Gasteiger partial charge in [-0.2, -0.15) is 9.12 Å². The molecule has 0 saturated carbocycles. The van der Waals surface area contributed by atoms with Crippen molar-refractivity contribution in [1.29, 1.82) is 0 Å². The first-order valence-corrected chi connectivity index (χ1v) is 9.33. The summed E-state index contributed by atoms with van der Waals surface area (Å²) in [4.78, 5) is 24.6. The van der Waals surface area contributed by atoms with Crippen molar-refractivity contribution in [2.75, 3.05) is 5.32 Å². The van der Waals surface area contributed by atoms with Gasteiger partial charge < -0.3 is 20.4 Å².